The smallest absolute Gasteiger partial charge is 0.411 e. The lowest BCUT2D eigenvalue weighted by atomic mass is 9.97. The molecule has 144 valence electrons. The van der Waals surface area contributed by atoms with Gasteiger partial charge in [0, 0.05) is 25.3 Å². The summed E-state index contributed by atoms with van der Waals surface area (Å²) in [6, 6.07) is 0. The number of allylic oxidation sites excluding steroid dienone is 2. The van der Waals surface area contributed by atoms with Gasteiger partial charge in [0.2, 0.25) is 0 Å². The summed E-state index contributed by atoms with van der Waals surface area (Å²) in [7, 11) is 0. The summed E-state index contributed by atoms with van der Waals surface area (Å²) in [6.45, 7) is 13.3. The van der Waals surface area contributed by atoms with E-state index in [0.29, 0.717) is 32.5 Å². The molecule has 2 aliphatic heterocycles. The molecule has 0 aromatic heterocycles. The molecule has 0 unspecified atom stereocenters. The third-order valence-corrected chi connectivity index (χ3v) is 4.64. The van der Waals surface area contributed by atoms with Crippen molar-refractivity contribution in [2.75, 3.05) is 19.6 Å². The zero-order chi connectivity index (χ0) is 19.5. The first-order valence-electron chi connectivity index (χ1n) is 9.15. The van der Waals surface area contributed by atoms with Crippen LogP contribution in [0.2, 0.25) is 0 Å². The number of carboxylic acid groups (broad SMARTS) is 1. The molecule has 0 aliphatic carbocycles. The summed E-state index contributed by atoms with van der Waals surface area (Å²) in [4.78, 5) is 27.0. The van der Waals surface area contributed by atoms with Crippen molar-refractivity contribution in [3.05, 3.63) is 35.1 Å². The number of hydrogen-bond donors (Lipinski definition) is 1. The highest BCUT2D eigenvalue weighted by Gasteiger charge is 2.26. The Hall–Kier alpha value is -2.24. The van der Waals surface area contributed by atoms with Crippen molar-refractivity contribution in [3.63, 3.8) is 0 Å². The standard InChI is InChI=1S/C20H30N2O4/c1-14-8-11-21(19(25)26-20(3,4)5)12-9-16(14)13-17-15(2)7-6-10-22(17)18(23)24/h13H,1,6-12H2,2-5H3,(H,23,24)/b16-13-. The van der Waals surface area contributed by atoms with Gasteiger partial charge in [0.1, 0.15) is 5.60 Å². The zero-order valence-corrected chi connectivity index (χ0v) is 16.3. The Labute approximate surface area is 155 Å². The minimum atomic E-state index is -0.925. The van der Waals surface area contributed by atoms with Crippen LogP contribution in [0.4, 0.5) is 9.59 Å². The van der Waals surface area contributed by atoms with Crippen molar-refractivity contribution in [2.45, 2.75) is 59.0 Å². The highest BCUT2D eigenvalue weighted by atomic mass is 16.6. The van der Waals surface area contributed by atoms with Crippen LogP contribution in [-0.2, 0) is 4.74 Å². The second kappa shape index (κ2) is 7.98. The molecule has 1 fully saturated rings. The SMILES string of the molecule is C=C1CCN(C(=O)OC(C)(C)C)CC/C1=C/C1=C(C)CCCN1C(=O)O. The largest absolute Gasteiger partial charge is 0.465 e. The lowest BCUT2D eigenvalue weighted by Crippen LogP contribution is -2.37. The van der Waals surface area contributed by atoms with Gasteiger partial charge in [-0.25, -0.2) is 9.59 Å². The summed E-state index contributed by atoms with van der Waals surface area (Å²) < 4.78 is 5.46. The number of carbonyl (C=O) groups is 2. The average Bonchev–Trinajstić information content (AvgIpc) is 2.70. The van der Waals surface area contributed by atoms with Crippen molar-refractivity contribution in [2.24, 2.45) is 0 Å². The first kappa shape index (κ1) is 20.1. The quantitative estimate of drug-likeness (QED) is 0.743. The number of rotatable bonds is 1. The van der Waals surface area contributed by atoms with Crippen molar-refractivity contribution in [1.29, 1.82) is 0 Å². The van der Waals surface area contributed by atoms with Crippen LogP contribution >= 0.6 is 0 Å². The number of likely N-dealkylation sites (tertiary alicyclic amines) is 1. The summed E-state index contributed by atoms with van der Waals surface area (Å²) in [5, 5.41) is 9.47. The molecule has 6 heteroatoms. The highest BCUT2D eigenvalue weighted by Crippen LogP contribution is 2.29. The van der Waals surface area contributed by atoms with Gasteiger partial charge in [0.25, 0.3) is 0 Å². The number of carbonyl (C=O) groups excluding carboxylic acids is 1. The van der Waals surface area contributed by atoms with Gasteiger partial charge in [-0.1, -0.05) is 12.2 Å². The van der Waals surface area contributed by atoms with Crippen LogP contribution in [0.25, 0.3) is 0 Å². The summed E-state index contributed by atoms with van der Waals surface area (Å²) in [5.74, 6) is 0. The molecule has 0 aromatic rings. The van der Waals surface area contributed by atoms with E-state index < -0.39 is 11.7 Å². The minimum Gasteiger partial charge on any atom is -0.465 e. The van der Waals surface area contributed by atoms with Gasteiger partial charge in [0.05, 0.1) is 0 Å². The molecule has 2 aliphatic rings. The lowest BCUT2D eigenvalue weighted by Gasteiger charge is -2.28. The molecule has 0 aromatic carbocycles. The van der Waals surface area contributed by atoms with E-state index in [1.807, 2.05) is 33.8 Å². The van der Waals surface area contributed by atoms with Crippen LogP contribution < -0.4 is 0 Å². The molecule has 6 nitrogen and oxygen atoms in total. The summed E-state index contributed by atoms with van der Waals surface area (Å²) >= 11 is 0. The normalized spacial score (nSPS) is 21.1. The van der Waals surface area contributed by atoms with Crippen molar-refractivity contribution >= 4 is 12.2 Å². The zero-order valence-electron chi connectivity index (χ0n) is 16.3. The van der Waals surface area contributed by atoms with Crippen LogP contribution in [0.3, 0.4) is 0 Å². The molecule has 26 heavy (non-hydrogen) atoms. The minimum absolute atomic E-state index is 0.313. The van der Waals surface area contributed by atoms with Crippen LogP contribution in [0.15, 0.2) is 35.1 Å². The molecule has 0 saturated carbocycles. The van der Waals surface area contributed by atoms with Crippen LogP contribution in [0, 0.1) is 0 Å². The van der Waals surface area contributed by atoms with E-state index in [1.54, 1.807) is 4.90 Å². The number of ether oxygens (including phenoxy) is 1. The Morgan fingerprint density at radius 2 is 1.81 bits per heavy atom. The molecule has 0 atom stereocenters. The maximum absolute atomic E-state index is 12.3. The van der Waals surface area contributed by atoms with Gasteiger partial charge in [-0.15, -0.1) is 0 Å². The average molecular weight is 362 g/mol. The fraction of sp³-hybridized carbons (Fsp3) is 0.600. The molecular weight excluding hydrogens is 332 g/mol. The van der Waals surface area contributed by atoms with E-state index in [1.165, 1.54) is 4.90 Å². The van der Waals surface area contributed by atoms with Crippen molar-refractivity contribution in [3.8, 4) is 0 Å². The predicted octanol–water partition coefficient (Wildman–Crippen LogP) is 4.55. The lowest BCUT2D eigenvalue weighted by molar-refractivity contribution is 0.0260. The van der Waals surface area contributed by atoms with E-state index in [-0.39, 0.29) is 6.09 Å². The van der Waals surface area contributed by atoms with E-state index in [2.05, 4.69) is 6.58 Å². The van der Waals surface area contributed by atoms with E-state index >= 15 is 0 Å². The molecule has 1 saturated heterocycles. The Bertz CT molecular complexity index is 655. The van der Waals surface area contributed by atoms with Gasteiger partial charge in [-0.3, -0.25) is 4.90 Å². The topological polar surface area (TPSA) is 70.1 Å². The van der Waals surface area contributed by atoms with Gasteiger partial charge in [0.15, 0.2) is 0 Å². The molecule has 2 amide bonds. The van der Waals surface area contributed by atoms with Gasteiger partial charge >= 0.3 is 12.2 Å². The molecule has 0 radical (unpaired) electrons. The van der Waals surface area contributed by atoms with E-state index in [4.69, 9.17) is 4.74 Å². The van der Waals surface area contributed by atoms with Crippen LogP contribution in [-0.4, -0.2) is 52.3 Å². The number of hydrogen-bond acceptors (Lipinski definition) is 3. The third-order valence-electron chi connectivity index (χ3n) is 4.64. The summed E-state index contributed by atoms with van der Waals surface area (Å²) in [5.41, 5.74) is 3.27. The Kier molecular flexibility index (Phi) is 6.16. The predicted molar refractivity (Wildman–Crippen MR) is 101 cm³/mol. The highest BCUT2D eigenvalue weighted by molar-refractivity contribution is 5.70. The number of nitrogens with zero attached hydrogens (tertiary/aromatic N) is 2. The van der Waals surface area contributed by atoms with Gasteiger partial charge < -0.3 is 14.7 Å². The van der Waals surface area contributed by atoms with Crippen LogP contribution in [0.5, 0.6) is 0 Å². The fourth-order valence-electron chi connectivity index (χ4n) is 3.20. The first-order chi connectivity index (χ1) is 12.1. The molecule has 0 bridgehead atoms. The Morgan fingerprint density at radius 3 is 2.42 bits per heavy atom. The maximum atomic E-state index is 12.3. The fourth-order valence-corrected chi connectivity index (χ4v) is 3.20. The summed E-state index contributed by atoms with van der Waals surface area (Å²) in [6.07, 6.45) is 3.76. The second-order valence-corrected chi connectivity index (χ2v) is 7.94. The molecule has 2 heterocycles. The van der Waals surface area contributed by atoms with E-state index in [9.17, 15) is 14.7 Å². The molecule has 2 rings (SSSR count). The second-order valence-electron chi connectivity index (χ2n) is 7.94. The monoisotopic (exact) mass is 362 g/mol. The molecule has 0 spiro atoms. The third kappa shape index (κ3) is 5.13. The van der Waals surface area contributed by atoms with Crippen molar-refractivity contribution in [1.82, 2.24) is 9.80 Å². The van der Waals surface area contributed by atoms with Gasteiger partial charge in [-0.2, -0.15) is 0 Å². The van der Waals surface area contributed by atoms with Gasteiger partial charge in [-0.05, 0) is 70.6 Å². The molecule has 1 N–H and O–H groups in total. The first-order valence-corrected chi connectivity index (χ1v) is 9.15. The number of amides is 2. The Morgan fingerprint density at radius 1 is 1.15 bits per heavy atom. The van der Waals surface area contributed by atoms with Crippen molar-refractivity contribution < 1.29 is 19.4 Å². The molecular formula is C20H30N2O4. The van der Waals surface area contributed by atoms with E-state index in [0.717, 1.165) is 35.3 Å². The maximum Gasteiger partial charge on any atom is 0.411 e. The Balaban J connectivity index is 2.18. The van der Waals surface area contributed by atoms with Crippen LogP contribution in [0.1, 0.15) is 53.4 Å².